The molecule has 4 rings (SSSR count). The number of carboxylic acids is 1. The molecule has 1 fully saturated rings. The first-order valence-electron chi connectivity index (χ1n) is 7.33. The fraction of sp³-hybridized carbons (Fsp3) is 0.438. The Labute approximate surface area is 118 Å². The van der Waals surface area contributed by atoms with Crippen molar-refractivity contribution in [3.8, 4) is 0 Å². The molecular formula is C16H18N2O2. The van der Waals surface area contributed by atoms with Gasteiger partial charge in [-0.15, -0.1) is 0 Å². The Morgan fingerprint density at radius 1 is 1.25 bits per heavy atom. The van der Waals surface area contributed by atoms with E-state index in [1.807, 2.05) is 12.1 Å². The van der Waals surface area contributed by atoms with E-state index in [-0.39, 0.29) is 5.92 Å². The smallest absolute Gasteiger partial charge is 0.312 e. The van der Waals surface area contributed by atoms with Crippen molar-refractivity contribution >= 4 is 17.2 Å². The van der Waals surface area contributed by atoms with E-state index >= 15 is 0 Å². The van der Waals surface area contributed by atoms with E-state index in [9.17, 15) is 9.90 Å². The Morgan fingerprint density at radius 2 is 2.10 bits per heavy atom. The van der Waals surface area contributed by atoms with Crippen LogP contribution in [-0.2, 0) is 4.79 Å². The third-order valence-corrected chi connectivity index (χ3v) is 4.75. The molecule has 0 aliphatic carbocycles. The number of piperidine rings is 1. The van der Waals surface area contributed by atoms with Crippen molar-refractivity contribution in [1.29, 1.82) is 0 Å². The molecule has 0 radical (unpaired) electrons. The second-order valence-corrected chi connectivity index (χ2v) is 5.85. The van der Waals surface area contributed by atoms with Crippen molar-refractivity contribution in [1.82, 2.24) is 4.90 Å². The first-order chi connectivity index (χ1) is 9.75. The number of hydrogen-bond donors (Lipinski definition) is 2. The van der Waals surface area contributed by atoms with Gasteiger partial charge in [-0.2, -0.15) is 0 Å². The second kappa shape index (κ2) is 4.27. The van der Waals surface area contributed by atoms with Crippen molar-refractivity contribution in [3.05, 3.63) is 35.5 Å². The van der Waals surface area contributed by atoms with Crippen LogP contribution in [0.3, 0.4) is 0 Å². The van der Waals surface area contributed by atoms with Gasteiger partial charge in [0.15, 0.2) is 0 Å². The number of nitrogens with zero attached hydrogens (tertiary/aromatic N) is 1. The number of hydrogen-bond acceptors (Lipinski definition) is 3. The first-order valence-corrected chi connectivity index (χ1v) is 7.33. The lowest BCUT2D eigenvalue weighted by Gasteiger charge is -2.41. The van der Waals surface area contributed by atoms with E-state index in [0.29, 0.717) is 6.04 Å². The summed E-state index contributed by atoms with van der Waals surface area (Å²) in [6, 6.07) is 8.56. The second-order valence-electron chi connectivity index (χ2n) is 5.85. The van der Waals surface area contributed by atoms with Gasteiger partial charge in [-0.05, 0) is 25.3 Å². The highest BCUT2D eigenvalue weighted by molar-refractivity contribution is 5.91. The van der Waals surface area contributed by atoms with Gasteiger partial charge in [0.1, 0.15) is 0 Å². The van der Waals surface area contributed by atoms with Crippen LogP contribution in [-0.4, -0.2) is 35.1 Å². The van der Waals surface area contributed by atoms with Crippen molar-refractivity contribution in [2.24, 2.45) is 5.92 Å². The number of para-hydroxylation sites is 1. The summed E-state index contributed by atoms with van der Waals surface area (Å²) in [4.78, 5) is 13.9. The normalized spacial score (nSPS) is 27.5. The third-order valence-electron chi connectivity index (χ3n) is 4.75. The molecule has 0 saturated carbocycles. The first kappa shape index (κ1) is 11.8. The lowest BCUT2D eigenvalue weighted by atomic mass is 9.83. The zero-order valence-electron chi connectivity index (χ0n) is 11.3. The van der Waals surface area contributed by atoms with Crippen LogP contribution >= 0.6 is 0 Å². The minimum absolute atomic E-state index is 0.290. The predicted octanol–water partition coefficient (Wildman–Crippen LogP) is 2.39. The van der Waals surface area contributed by atoms with Gasteiger partial charge in [-0.1, -0.05) is 18.2 Å². The minimum Gasteiger partial charge on any atom is -0.481 e. The van der Waals surface area contributed by atoms with Crippen LogP contribution in [0.15, 0.2) is 30.0 Å². The zero-order chi connectivity index (χ0) is 13.7. The fourth-order valence-electron chi connectivity index (χ4n) is 3.90. The SMILES string of the molecule is O=C(O)C1CCCN2CCC3Nc4ccccc4C3=C12. The van der Waals surface area contributed by atoms with Crippen LogP contribution in [0.1, 0.15) is 24.8 Å². The summed E-state index contributed by atoms with van der Waals surface area (Å²) in [7, 11) is 0. The Morgan fingerprint density at radius 3 is 2.95 bits per heavy atom. The number of aliphatic carboxylic acids is 1. The van der Waals surface area contributed by atoms with Crippen molar-refractivity contribution in [2.45, 2.75) is 25.3 Å². The molecule has 4 heteroatoms. The van der Waals surface area contributed by atoms with E-state index in [4.69, 9.17) is 0 Å². The highest BCUT2D eigenvalue weighted by Gasteiger charge is 2.41. The van der Waals surface area contributed by atoms with Gasteiger partial charge < -0.3 is 15.3 Å². The molecule has 3 aliphatic rings. The molecule has 4 nitrogen and oxygen atoms in total. The maximum absolute atomic E-state index is 11.6. The van der Waals surface area contributed by atoms with Crippen LogP contribution < -0.4 is 5.32 Å². The lowest BCUT2D eigenvalue weighted by molar-refractivity contribution is -0.141. The van der Waals surface area contributed by atoms with Gasteiger partial charge in [-0.3, -0.25) is 4.79 Å². The van der Waals surface area contributed by atoms with Gasteiger partial charge >= 0.3 is 5.97 Å². The molecule has 0 aromatic heterocycles. The summed E-state index contributed by atoms with van der Waals surface area (Å²) < 4.78 is 0. The summed E-state index contributed by atoms with van der Waals surface area (Å²) in [6.45, 7) is 1.96. The zero-order valence-corrected chi connectivity index (χ0v) is 11.3. The molecule has 1 saturated heterocycles. The molecule has 3 heterocycles. The summed E-state index contributed by atoms with van der Waals surface area (Å²) in [6.07, 6.45) is 2.80. The van der Waals surface area contributed by atoms with Crippen LogP contribution in [0.4, 0.5) is 5.69 Å². The molecule has 2 N–H and O–H groups in total. The van der Waals surface area contributed by atoms with Gasteiger partial charge in [0.2, 0.25) is 0 Å². The molecule has 1 aromatic rings. The van der Waals surface area contributed by atoms with Gasteiger partial charge in [-0.25, -0.2) is 0 Å². The number of fused-ring (bicyclic) bond motifs is 4. The quantitative estimate of drug-likeness (QED) is 0.822. The summed E-state index contributed by atoms with van der Waals surface area (Å²) in [5.41, 5.74) is 4.65. The molecule has 2 unspecified atom stereocenters. The van der Waals surface area contributed by atoms with E-state index in [2.05, 4.69) is 22.3 Å². The number of benzene rings is 1. The molecule has 0 bridgehead atoms. The van der Waals surface area contributed by atoms with Crippen molar-refractivity contribution in [3.63, 3.8) is 0 Å². The number of rotatable bonds is 1. The Kier molecular flexibility index (Phi) is 2.52. The molecule has 104 valence electrons. The standard InChI is InChI=1S/C16H18N2O2/c19-16(20)11-5-3-8-18-9-7-13-14(15(11)18)10-4-1-2-6-12(10)17-13/h1-2,4,6,11,13,17H,3,5,7-9H2,(H,19,20). The summed E-state index contributed by atoms with van der Waals surface area (Å²) in [5.74, 6) is -1.02. The average molecular weight is 270 g/mol. The number of carbonyl (C=O) groups is 1. The molecular weight excluding hydrogens is 252 g/mol. The van der Waals surface area contributed by atoms with E-state index in [1.165, 1.54) is 11.1 Å². The van der Waals surface area contributed by atoms with E-state index in [1.54, 1.807) is 0 Å². The monoisotopic (exact) mass is 270 g/mol. The van der Waals surface area contributed by atoms with Gasteiger partial charge in [0, 0.05) is 35.6 Å². The largest absolute Gasteiger partial charge is 0.481 e. The molecule has 0 spiro atoms. The average Bonchev–Trinajstić information content (AvgIpc) is 2.85. The molecule has 0 amide bonds. The van der Waals surface area contributed by atoms with Crippen molar-refractivity contribution in [2.75, 3.05) is 18.4 Å². The van der Waals surface area contributed by atoms with E-state index in [0.717, 1.165) is 43.7 Å². The predicted molar refractivity (Wildman–Crippen MR) is 77.3 cm³/mol. The maximum Gasteiger partial charge on any atom is 0.312 e. The highest BCUT2D eigenvalue weighted by Crippen LogP contribution is 2.45. The maximum atomic E-state index is 11.6. The molecule has 2 atom stereocenters. The van der Waals surface area contributed by atoms with Crippen LogP contribution in [0.5, 0.6) is 0 Å². The van der Waals surface area contributed by atoms with Crippen LogP contribution in [0.2, 0.25) is 0 Å². The fourth-order valence-corrected chi connectivity index (χ4v) is 3.90. The van der Waals surface area contributed by atoms with E-state index < -0.39 is 5.97 Å². The number of nitrogens with one attached hydrogen (secondary N) is 1. The number of carboxylic acid groups (broad SMARTS) is 1. The van der Waals surface area contributed by atoms with Gasteiger partial charge in [0.05, 0.1) is 12.0 Å². The molecule has 3 aliphatic heterocycles. The Bertz CT molecular complexity index is 608. The number of anilines is 1. The highest BCUT2D eigenvalue weighted by atomic mass is 16.4. The lowest BCUT2D eigenvalue weighted by Crippen LogP contribution is -2.43. The Balaban J connectivity index is 1.91. The van der Waals surface area contributed by atoms with Crippen molar-refractivity contribution < 1.29 is 9.90 Å². The molecule has 1 aromatic carbocycles. The van der Waals surface area contributed by atoms with Crippen LogP contribution in [0, 0.1) is 5.92 Å². The minimum atomic E-state index is -0.678. The van der Waals surface area contributed by atoms with Gasteiger partial charge in [0.25, 0.3) is 0 Å². The van der Waals surface area contributed by atoms with Crippen LogP contribution in [0.25, 0.3) is 5.57 Å². The summed E-state index contributed by atoms with van der Waals surface area (Å²) in [5, 5.41) is 13.1. The summed E-state index contributed by atoms with van der Waals surface area (Å²) >= 11 is 0. The third kappa shape index (κ3) is 1.57. The topological polar surface area (TPSA) is 52.6 Å². The Hall–Kier alpha value is -1.97. The molecule has 20 heavy (non-hydrogen) atoms.